The van der Waals surface area contributed by atoms with E-state index >= 15 is 0 Å². The Labute approximate surface area is 165 Å². The first-order valence-electron chi connectivity index (χ1n) is 9.38. The minimum Gasteiger partial charge on any atom is -0.444 e. The lowest BCUT2D eigenvalue weighted by Crippen LogP contribution is -2.74. The van der Waals surface area contributed by atoms with Crippen LogP contribution in [0.25, 0.3) is 0 Å². The minimum absolute atomic E-state index is 0.121. The van der Waals surface area contributed by atoms with E-state index in [2.05, 4.69) is 10.3 Å². The van der Waals surface area contributed by atoms with Crippen LogP contribution in [0.1, 0.15) is 47.0 Å². The summed E-state index contributed by atoms with van der Waals surface area (Å²) in [5.74, 6) is 0.547. The summed E-state index contributed by atoms with van der Waals surface area (Å²) in [5, 5.41) is 3.41. The van der Waals surface area contributed by atoms with E-state index in [0.717, 1.165) is 12.8 Å². The molecule has 27 heavy (non-hydrogen) atoms. The van der Waals surface area contributed by atoms with Crippen LogP contribution in [0.15, 0.2) is 28.0 Å². The molecule has 0 aromatic carbocycles. The van der Waals surface area contributed by atoms with Crippen molar-refractivity contribution in [2.75, 3.05) is 19.6 Å². The Morgan fingerprint density at radius 3 is 2.70 bits per heavy atom. The number of rotatable bonds is 1. The predicted molar refractivity (Wildman–Crippen MR) is 104 cm³/mol. The largest absolute Gasteiger partial charge is 0.444 e. The molecule has 1 atom stereocenters. The predicted octanol–water partition coefficient (Wildman–Crippen LogP) is 2.97. The number of nitrogens with zero attached hydrogens (tertiary/aromatic N) is 3. The van der Waals surface area contributed by atoms with E-state index < -0.39 is 17.2 Å². The van der Waals surface area contributed by atoms with Crippen molar-refractivity contribution in [1.82, 2.24) is 15.1 Å². The van der Waals surface area contributed by atoms with Crippen LogP contribution in [-0.4, -0.2) is 58.4 Å². The third-order valence-corrected chi connectivity index (χ3v) is 5.25. The summed E-state index contributed by atoms with van der Waals surface area (Å²) in [6.45, 7) is 8.63. The Hall–Kier alpha value is -2.02. The molecule has 3 heterocycles. The second-order valence-corrected chi connectivity index (χ2v) is 8.44. The summed E-state index contributed by atoms with van der Waals surface area (Å²) in [7, 11) is 0. The summed E-state index contributed by atoms with van der Waals surface area (Å²) in [6.07, 6.45) is 5.55. The van der Waals surface area contributed by atoms with Gasteiger partial charge in [-0.05, 0) is 46.1 Å². The van der Waals surface area contributed by atoms with Crippen molar-refractivity contribution < 1.29 is 14.3 Å². The number of carbonyl (C=O) groups is 2. The lowest BCUT2D eigenvalue weighted by Gasteiger charge is -2.53. The summed E-state index contributed by atoms with van der Waals surface area (Å²) in [6, 6.07) is 0. The lowest BCUT2D eigenvalue weighted by atomic mass is 9.86. The standard InChI is InChI=1S/C19H27ClN4O3/c1-5-19-12-23(17(26)27-18(2,3)4)10-11-24(19)15-13(21-16(19)25)8-6-7-9-14(20)22-15/h8-9H,5-7,10-12H2,1-4H3,(H,21,25). The zero-order valence-electron chi connectivity index (χ0n) is 16.3. The highest BCUT2D eigenvalue weighted by Crippen LogP contribution is 2.33. The van der Waals surface area contributed by atoms with Crippen molar-refractivity contribution >= 4 is 29.4 Å². The van der Waals surface area contributed by atoms with Crippen molar-refractivity contribution in [3.63, 3.8) is 0 Å². The van der Waals surface area contributed by atoms with E-state index in [1.54, 1.807) is 4.90 Å². The fourth-order valence-corrected chi connectivity index (χ4v) is 3.83. The Morgan fingerprint density at radius 1 is 1.33 bits per heavy atom. The van der Waals surface area contributed by atoms with Gasteiger partial charge in [0.25, 0.3) is 5.91 Å². The van der Waals surface area contributed by atoms with Crippen LogP contribution in [-0.2, 0) is 9.53 Å². The van der Waals surface area contributed by atoms with Crippen LogP contribution in [0, 0.1) is 0 Å². The van der Waals surface area contributed by atoms with Gasteiger partial charge in [-0.3, -0.25) is 4.79 Å². The molecule has 3 rings (SSSR count). The lowest BCUT2D eigenvalue weighted by molar-refractivity contribution is -0.135. The van der Waals surface area contributed by atoms with Crippen LogP contribution in [0.3, 0.4) is 0 Å². The smallest absolute Gasteiger partial charge is 0.410 e. The topological polar surface area (TPSA) is 74.2 Å². The molecule has 1 unspecified atom stereocenters. The molecule has 2 amide bonds. The number of aliphatic imine (C=N–C) groups is 1. The van der Waals surface area contributed by atoms with Gasteiger partial charge in [0.2, 0.25) is 0 Å². The number of ether oxygens (including phenoxy) is 1. The molecular formula is C19H27ClN4O3. The van der Waals surface area contributed by atoms with E-state index in [1.165, 1.54) is 0 Å². The van der Waals surface area contributed by atoms with Gasteiger partial charge in [-0.2, -0.15) is 0 Å². The average molecular weight is 395 g/mol. The molecule has 0 radical (unpaired) electrons. The van der Waals surface area contributed by atoms with Gasteiger partial charge in [0.05, 0.1) is 12.2 Å². The van der Waals surface area contributed by atoms with Crippen LogP contribution < -0.4 is 5.32 Å². The van der Waals surface area contributed by atoms with E-state index in [1.807, 2.05) is 44.7 Å². The van der Waals surface area contributed by atoms with Crippen LogP contribution in [0.2, 0.25) is 0 Å². The van der Waals surface area contributed by atoms with E-state index in [0.29, 0.717) is 36.2 Å². The number of amidine groups is 1. The molecule has 148 valence electrons. The molecule has 2 saturated heterocycles. The van der Waals surface area contributed by atoms with Gasteiger partial charge in [-0.1, -0.05) is 24.6 Å². The molecular weight excluding hydrogens is 368 g/mol. The number of hydrogen-bond acceptors (Lipinski definition) is 5. The van der Waals surface area contributed by atoms with Gasteiger partial charge < -0.3 is 19.9 Å². The quantitative estimate of drug-likeness (QED) is 0.694. The number of piperazine rings is 2. The van der Waals surface area contributed by atoms with Crippen molar-refractivity contribution in [1.29, 1.82) is 0 Å². The van der Waals surface area contributed by atoms with Gasteiger partial charge in [0.1, 0.15) is 16.3 Å². The third-order valence-electron chi connectivity index (χ3n) is 5.01. The van der Waals surface area contributed by atoms with Crippen molar-refractivity contribution in [2.45, 2.75) is 58.1 Å². The zero-order chi connectivity index (χ0) is 19.8. The summed E-state index contributed by atoms with van der Waals surface area (Å²) in [5.41, 5.74) is -0.775. The highest BCUT2D eigenvalue weighted by Gasteiger charge is 2.53. The molecule has 0 aliphatic carbocycles. The van der Waals surface area contributed by atoms with Crippen molar-refractivity contribution in [3.8, 4) is 0 Å². The zero-order valence-corrected chi connectivity index (χ0v) is 17.1. The first-order valence-corrected chi connectivity index (χ1v) is 9.76. The second-order valence-electron chi connectivity index (χ2n) is 8.05. The number of allylic oxidation sites excluding steroid dienone is 2. The molecule has 0 bridgehead atoms. The Bertz CT molecular complexity index is 738. The monoisotopic (exact) mass is 394 g/mol. The maximum absolute atomic E-state index is 13.1. The highest BCUT2D eigenvalue weighted by atomic mass is 35.5. The van der Waals surface area contributed by atoms with Gasteiger partial charge >= 0.3 is 6.09 Å². The molecule has 0 aromatic heterocycles. The molecule has 0 spiro atoms. The van der Waals surface area contributed by atoms with Crippen LogP contribution in [0.5, 0.6) is 0 Å². The molecule has 3 aliphatic heterocycles. The summed E-state index contributed by atoms with van der Waals surface area (Å²) >= 11 is 6.24. The number of fused-ring (bicyclic) bond motifs is 3. The second kappa shape index (κ2) is 7.19. The van der Waals surface area contributed by atoms with Crippen molar-refractivity contribution in [3.05, 3.63) is 23.0 Å². The highest BCUT2D eigenvalue weighted by molar-refractivity contribution is 6.30. The fourth-order valence-electron chi connectivity index (χ4n) is 3.64. The molecule has 2 fully saturated rings. The molecule has 8 heteroatoms. The molecule has 1 N–H and O–H groups in total. The summed E-state index contributed by atoms with van der Waals surface area (Å²) < 4.78 is 5.51. The first kappa shape index (κ1) is 19.7. The number of hydrogen-bond donors (Lipinski definition) is 1. The molecule has 3 aliphatic rings. The van der Waals surface area contributed by atoms with Crippen molar-refractivity contribution in [2.24, 2.45) is 4.99 Å². The van der Waals surface area contributed by atoms with Gasteiger partial charge in [-0.15, -0.1) is 0 Å². The maximum Gasteiger partial charge on any atom is 0.410 e. The Morgan fingerprint density at radius 2 is 2.04 bits per heavy atom. The maximum atomic E-state index is 13.1. The van der Waals surface area contributed by atoms with Gasteiger partial charge in [-0.25, -0.2) is 9.79 Å². The molecule has 0 saturated carbocycles. The Balaban J connectivity index is 1.94. The third kappa shape index (κ3) is 3.83. The van der Waals surface area contributed by atoms with E-state index in [-0.39, 0.29) is 12.5 Å². The average Bonchev–Trinajstić information content (AvgIpc) is 2.58. The van der Waals surface area contributed by atoms with E-state index in [9.17, 15) is 9.59 Å². The van der Waals surface area contributed by atoms with Crippen LogP contribution in [0.4, 0.5) is 4.79 Å². The SMILES string of the molecule is CCC12CN(C(=O)OC(C)(C)C)CCN1C1=NC(Cl)=CCCC=C1NC2=O. The number of amides is 2. The molecule has 7 nitrogen and oxygen atoms in total. The van der Waals surface area contributed by atoms with Crippen LogP contribution >= 0.6 is 11.6 Å². The van der Waals surface area contributed by atoms with Gasteiger partial charge in [0.15, 0.2) is 5.84 Å². The van der Waals surface area contributed by atoms with E-state index in [4.69, 9.17) is 16.3 Å². The molecule has 0 aromatic rings. The number of halogens is 1. The Kier molecular flexibility index (Phi) is 5.25. The first-order chi connectivity index (χ1) is 12.7. The normalized spacial score (nSPS) is 25.8. The number of nitrogens with one attached hydrogen (secondary N) is 1. The van der Waals surface area contributed by atoms with Gasteiger partial charge in [0, 0.05) is 13.1 Å². The minimum atomic E-state index is -0.887. The summed E-state index contributed by atoms with van der Waals surface area (Å²) in [4.78, 5) is 33.8. The number of carbonyl (C=O) groups excluding carboxylic acids is 2. The fraction of sp³-hybridized carbons (Fsp3) is 0.632.